The zero-order valence-corrected chi connectivity index (χ0v) is 7.82. The van der Waals surface area contributed by atoms with E-state index in [1.807, 2.05) is 11.9 Å². The Labute approximate surface area is 77.8 Å². The van der Waals surface area contributed by atoms with Gasteiger partial charge in [0.25, 0.3) is 0 Å². The first-order valence-corrected chi connectivity index (χ1v) is 3.97. The minimum Gasteiger partial charge on any atom is -0.348 e. The van der Waals surface area contributed by atoms with Crippen molar-refractivity contribution < 1.29 is 4.79 Å². The van der Waals surface area contributed by atoms with Gasteiger partial charge in [0.1, 0.15) is 0 Å². The molecule has 0 aromatic heterocycles. The number of nitrogens with zero attached hydrogens (tertiary/aromatic N) is 2. The molecule has 0 N–H and O–H groups in total. The zero-order valence-electron chi connectivity index (χ0n) is 7.82. The smallest absolute Gasteiger partial charge is 0.161 e. The van der Waals surface area contributed by atoms with Crippen LogP contribution in [0.5, 0.6) is 0 Å². The number of carbonyl (C=O) groups is 1. The molecule has 0 saturated heterocycles. The molecule has 0 radical (unpaired) electrons. The second-order valence-corrected chi connectivity index (χ2v) is 2.75. The van der Waals surface area contributed by atoms with E-state index in [1.54, 1.807) is 24.7 Å². The van der Waals surface area contributed by atoms with E-state index < -0.39 is 0 Å². The number of Topliss-reactive ketones (excluding diaryl/α,β-unsaturated/α-hetero) is 1. The number of rotatable bonds is 2. The summed E-state index contributed by atoms with van der Waals surface area (Å²) in [4.78, 5) is 17.0. The topological polar surface area (TPSA) is 32.7 Å². The highest BCUT2D eigenvalue weighted by atomic mass is 16.1. The highest BCUT2D eigenvalue weighted by Crippen LogP contribution is 2.12. The highest BCUT2D eigenvalue weighted by molar-refractivity contribution is 6.02. The van der Waals surface area contributed by atoms with Gasteiger partial charge >= 0.3 is 0 Å². The Morgan fingerprint density at radius 3 is 2.85 bits per heavy atom. The van der Waals surface area contributed by atoms with Gasteiger partial charge in [-0.1, -0.05) is 12.7 Å². The molecule has 3 heteroatoms. The molecule has 3 nitrogen and oxygen atoms in total. The summed E-state index contributed by atoms with van der Waals surface area (Å²) in [6, 6.07) is 0. The Kier molecular flexibility index (Phi) is 2.80. The molecular formula is C10H12N2O. The van der Waals surface area contributed by atoms with E-state index in [0.717, 1.165) is 5.70 Å². The maximum Gasteiger partial charge on any atom is 0.161 e. The van der Waals surface area contributed by atoms with Crippen LogP contribution in [-0.2, 0) is 4.79 Å². The summed E-state index contributed by atoms with van der Waals surface area (Å²) < 4.78 is 0. The molecule has 0 atom stereocenters. The lowest BCUT2D eigenvalue weighted by molar-refractivity contribution is -0.113. The second kappa shape index (κ2) is 3.85. The summed E-state index contributed by atoms with van der Waals surface area (Å²) in [5.41, 5.74) is 1.38. The summed E-state index contributed by atoms with van der Waals surface area (Å²) >= 11 is 0. The summed E-state index contributed by atoms with van der Waals surface area (Å²) in [6.07, 6.45) is 6.67. The molecule has 0 fully saturated rings. The van der Waals surface area contributed by atoms with Crippen molar-refractivity contribution >= 4 is 12.0 Å². The van der Waals surface area contributed by atoms with Gasteiger partial charge in [0.05, 0.1) is 11.9 Å². The SMILES string of the molecule is C=C/C(C(C)=O)=C1/C=NC=CN1C. The van der Waals surface area contributed by atoms with Gasteiger partial charge in [0, 0.05) is 25.0 Å². The number of aliphatic imine (C=N–C) groups is 1. The fourth-order valence-electron chi connectivity index (χ4n) is 1.11. The molecule has 13 heavy (non-hydrogen) atoms. The van der Waals surface area contributed by atoms with Crippen molar-refractivity contribution in [2.45, 2.75) is 6.92 Å². The number of allylic oxidation sites excluding steroid dienone is 3. The third-order valence-corrected chi connectivity index (χ3v) is 1.81. The van der Waals surface area contributed by atoms with E-state index in [2.05, 4.69) is 11.6 Å². The first-order chi connectivity index (χ1) is 6.16. The van der Waals surface area contributed by atoms with Gasteiger partial charge in [-0.2, -0.15) is 0 Å². The van der Waals surface area contributed by atoms with Crippen LogP contribution in [0.1, 0.15) is 6.92 Å². The molecule has 1 aliphatic heterocycles. The van der Waals surface area contributed by atoms with Gasteiger partial charge < -0.3 is 4.90 Å². The quantitative estimate of drug-likeness (QED) is 0.597. The first kappa shape index (κ1) is 9.45. The Morgan fingerprint density at radius 1 is 1.69 bits per heavy atom. The summed E-state index contributed by atoms with van der Waals surface area (Å²) in [5.74, 6) is -0.00130. The fourth-order valence-corrected chi connectivity index (χ4v) is 1.11. The number of ketones is 1. The zero-order chi connectivity index (χ0) is 9.84. The predicted molar refractivity (Wildman–Crippen MR) is 53.3 cm³/mol. The van der Waals surface area contributed by atoms with E-state index in [0.29, 0.717) is 5.57 Å². The van der Waals surface area contributed by atoms with Crippen LogP contribution in [-0.4, -0.2) is 23.9 Å². The standard InChI is InChI=1S/C10H12N2O/c1-4-9(8(2)13)10-7-11-5-6-12(10)3/h4-7H,1H2,2-3H3/b10-9+. The largest absolute Gasteiger partial charge is 0.348 e. The van der Waals surface area contributed by atoms with Crippen molar-refractivity contribution in [2.75, 3.05) is 7.05 Å². The van der Waals surface area contributed by atoms with Crippen molar-refractivity contribution in [2.24, 2.45) is 4.99 Å². The third kappa shape index (κ3) is 1.93. The average molecular weight is 176 g/mol. The van der Waals surface area contributed by atoms with Crippen LogP contribution in [0.3, 0.4) is 0 Å². The van der Waals surface area contributed by atoms with Crippen LogP contribution in [0.15, 0.2) is 41.3 Å². The molecule has 0 aromatic rings. The molecule has 0 unspecified atom stereocenters. The van der Waals surface area contributed by atoms with Gasteiger partial charge in [-0.3, -0.25) is 9.79 Å². The Bertz CT molecular complexity index is 324. The highest BCUT2D eigenvalue weighted by Gasteiger charge is 2.10. The van der Waals surface area contributed by atoms with E-state index in [4.69, 9.17) is 0 Å². The summed E-state index contributed by atoms with van der Waals surface area (Å²) in [5, 5.41) is 0. The van der Waals surface area contributed by atoms with Gasteiger partial charge in [0.15, 0.2) is 5.78 Å². The van der Waals surface area contributed by atoms with Gasteiger partial charge in [-0.15, -0.1) is 0 Å². The lowest BCUT2D eigenvalue weighted by atomic mass is 10.1. The average Bonchev–Trinajstić information content (AvgIpc) is 2.09. The molecule has 1 aliphatic rings. The van der Waals surface area contributed by atoms with Crippen LogP contribution in [0, 0.1) is 0 Å². The minimum atomic E-state index is -0.00130. The van der Waals surface area contributed by atoms with Crippen LogP contribution < -0.4 is 0 Å². The molecular weight excluding hydrogens is 164 g/mol. The normalized spacial score (nSPS) is 18.8. The molecule has 0 aromatic carbocycles. The van der Waals surface area contributed by atoms with Crippen LogP contribution in [0.25, 0.3) is 0 Å². The lowest BCUT2D eigenvalue weighted by Gasteiger charge is -2.19. The first-order valence-electron chi connectivity index (χ1n) is 3.97. The van der Waals surface area contributed by atoms with Crippen molar-refractivity contribution in [3.63, 3.8) is 0 Å². The van der Waals surface area contributed by atoms with Crippen molar-refractivity contribution in [1.82, 2.24) is 4.90 Å². The van der Waals surface area contributed by atoms with Crippen molar-refractivity contribution in [3.05, 3.63) is 36.3 Å². The van der Waals surface area contributed by atoms with E-state index in [9.17, 15) is 4.79 Å². The molecule has 0 amide bonds. The molecule has 1 rings (SSSR count). The van der Waals surface area contributed by atoms with Crippen molar-refractivity contribution in [1.29, 1.82) is 0 Å². The predicted octanol–water partition coefficient (Wildman–Crippen LogP) is 1.50. The minimum absolute atomic E-state index is 0.00130. The second-order valence-electron chi connectivity index (χ2n) is 2.75. The van der Waals surface area contributed by atoms with Crippen molar-refractivity contribution in [3.8, 4) is 0 Å². The van der Waals surface area contributed by atoms with Crippen LogP contribution in [0.4, 0.5) is 0 Å². The summed E-state index contributed by atoms with van der Waals surface area (Å²) in [7, 11) is 1.86. The van der Waals surface area contributed by atoms with E-state index in [1.165, 1.54) is 6.92 Å². The molecule has 1 heterocycles. The molecule has 68 valence electrons. The Balaban J connectivity index is 3.14. The maximum absolute atomic E-state index is 11.2. The molecule has 0 saturated carbocycles. The van der Waals surface area contributed by atoms with E-state index >= 15 is 0 Å². The Morgan fingerprint density at radius 2 is 2.38 bits per heavy atom. The van der Waals surface area contributed by atoms with Gasteiger partial charge in [0.2, 0.25) is 0 Å². The monoisotopic (exact) mass is 176 g/mol. The third-order valence-electron chi connectivity index (χ3n) is 1.81. The Hall–Kier alpha value is -1.64. The summed E-state index contributed by atoms with van der Waals surface area (Å²) in [6.45, 7) is 5.12. The number of hydrogen-bond acceptors (Lipinski definition) is 3. The number of carbonyl (C=O) groups excluding carboxylic acids is 1. The van der Waals surface area contributed by atoms with Gasteiger partial charge in [-0.05, 0) is 6.92 Å². The fraction of sp³-hybridized carbons (Fsp3) is 0.200. The lowest BCUT2D eigenvalue weighted by Crippen LogP contribution is -2.17. The van der Waals surface area contributed by atoms with Gasteiger partial charge in [-0.25, -0.2) is 0 Å². The molecule has 0 bridgehead atoms. The maximum atomic E-state index is 11.2. The molecule has 0 spiro atoms. The number of hydrogen-bond donors (Lipinski definition) is 0. The molecule has 0 aliphatic carbocycles. The van der Waals surface area contributed by atoms with E-state index in [-0.39, 0.29) is 5.78 Å². The van der Waals surface area contributed by atoms with Crippen LogP contribution >= 0.6 is 0 Å². The van der Waals surface area contributed by atoms with Crippen LogP contribution in [0.2, 0.25) is 0 Å².